The van der Waals surface area contributed by atoms with Crippen molar-refractivity contribution in [3.63, 3.8) is 0 Å². The molecule has 2 heterocycles. The number of halogens is 2. The summed E-state index contributed by atoms with van der Waals surface area (Å²) in [6.07, 6.45) is 7.42. The lowest BCUT2D eigenvalue weighted by Gasteiger charge is -2.24. The van der Waals surface area contributed by atoms with Gasteiger partial charge in [0.25, 0.3) is 0 Å². The number of hydrogen-bond acceptors (Lipinski definition) is 7. The van der Waals surface area contributed by atoms with Crippen LogP contribution in [0.15, 0.2) is 66.1 Å². The van der Waals surface area contributed by atoms with Gasteiger partial charge in [0.1, 0.15) is 17.4 Å². The largest absolute Gasteiger partial charge is 0.507 e. The van der Waals surface area contributed by atoms with Gasteiger partial charge in [-0.3, -0.25) is 19.5 Å². The van der Waals surface area contributed by atoms with Crippen LogP contribution in [0.1, 0.15) is 6.92 Å². The number of aliphatic imine (C=N–C) groups is 1. The summed E-state index contributed by atoms with van der Waals surface area (Å²) in [4.78, 5) is 34.6. The Morgan fingerprint density at radius 1 is 1.13 bits per heavy atom. The van der Waals surface area contributed by atoms with Gasteiger partial charge < -0.3 is 20.6 Å². The Balaban J connectivity index is 0.000000983. The van der Waals surface area contributed by atoms with Crippen molar-refractivity contribution in [3.05, 3.63) is 71.9 Å². The van der Waals surface area contributed by atoms with E-state index in [1.807, 2.05) is 26.4 Å². The Kier molecular flexibility index (Phi) is 9.99. The number of nitrogens with two attached hydrogens (primary N) is 1. The molecule has 1 aliphatic rings. The minimum absolute atomic E-state index is 0.0766. The molecule has 0 radical (unpaired) electrons. The van der Waals surface area contributed by atoms with Crippen molar-refractivity contribution in [3.8, 4) is 28.0 Å². The van der Waals surface area contributed by atoms with Crippen molar-refractivity contribution in [1.82, 2.24) is 9.88 Å². The molecular formula is C28H30ClFN6O3. The Morgan fingerprint density at radius 2 is 1.79 bits per heavy atom. The quantitative estimate of drug-likeness (QED) is 0.422. The Morgan fingerprint density at radius 3 is 2.36 bits per heavy atom. The number of aromatic hydroxyl groups is 1. The predicted octanol–water partition coefficient (Wildman–Crippen LogP) is 4.29. The molecule has 0 unspecified atom stereocenters. The molecule has 0 spiro atoms. The minimum atomic E-state index is -0.500. The van der Waals surface area contributed by atoms with Crippen molar-refractivity contribution >= 4 is 41.6 Å². The summed E-state index contributed by atoms with van der Waals surface area (Å²) in [6.45, 7) is 3.37. The third-order valence-corrected chi connectivity index (χ3v) is 5.86. The van der Waals surface area contributed by atoms with E-state index in [4.69, 9.17) is 11.6 Å². The predicted molar refractivity (Wildman–Crippen MR) is 154 cm³/mol. The number of hydrogen-bond donors (Lipinski definition) is 2. The highest BCUT2D eigenvalue weighted by atomic mass is 35.5. The molecule has 0 aliphatic carbocycles. The number of phenolic OH excluding ortho intramolecular Hbond substituents is 1. The lowest BCUT2D eigenvalue weighted by Crippen LogP contribution is -2.32. The van der Waals surface area contributed by atoms with E-state index in [2.05, 4.69) is 20.6 Å². The van der Waals surface area contributed by atoms with Gasteiger partial charge in [-0.2, -0.15) is 0 Å². The van der Waals surface area contributed by atoms with Gasteiger partial charge in [0.2, 0.25) is 12.3 Å². The number of rotatable bonds is 7. The van der Waals surface area contributed by atoms with E-state index in [0.29, 0.717) is 47.4 Å². The summed E-state index contributed by atoms with van der Waals surface area (Å²) in [5.74, 6) is -0.182. The van der Waals surface area contributed by atoms with E-state index < -0.39 is 5.82 Å². The fourth-order valence-corrected chi connectivity index (χ4v) is 4.06. The van der Waals surface area contributed by atoms with Crippen molar-refractivity contribution in [1.29, 1.82) is 0 Å². The van der Waals surface area contributed by atoms with E-state index in [-0.39, 0.29) is 16.7 Å². The molecule has 0 fully saturated rings. The topological polar surface area (TPSA) is 115 Å². The second-order valence-electron chi connectivity index (χ2n) is 8.84. The van der Waals surface area contributed by atoms with Crippen molar-refractivity contribution in [2.75, 3.05) is 43.5 Å². The van der Waals surface area contributed by atoms with E-state index in [1.54, 1.807) is 47.8 Å². The van der Waals surface area contributed by atoms with Gasteiger partial charge >= 0.3 is 0 Å². The molecule has 39 heavy (non-hydrogen) atoms. The van der Waals surface area contributed by atoms with Crippen LogP contribution < -0.4 is 15.5 Å². The number of amides is 2. The van der Waals surface area contributed by atoms with Crippen LogP contribution >= 0.6 is 11.6 Å². The van der Waals surface area contributed by atoms with E-state index >= 15 is 0 Å². The van der Waals surface area contributed by atoms with Crippen LogP contribution in [0.4, 0.5) is 15.9 Å². The lowest BCUT2D eigenvalue weighted by atomic mass is 9.97. The first-order valence-electron chi connectivity index (χ1n) is 12.0. The highest BCUT2D eigenvalue weighted by Crippen LogP contribution is 2.41. The van der Waals surface area contributed by atoms with E-state index in [1.165, 1.54) is 24.0 Å². The number of pyridine rings is 1. The van der Waals surface area contributed by atoms with Crippen LogP contribution in [0, 0.1) is 5.82 Å². The first-order chi connectivity index (χ1) is 18.6. The summed E-state index contributed by atoms with van der Waals surface area (Å²) in [5, 5.41) is 11.4. The maximum Gasteiger partial charge on any atom is 0.218 e. The molecule has 3 N–H and O–H groups in total. The smallest absolute Gasteiger partial charge is 0.218 e. The molecule has 0 saturated heterocycles. The Hall–Kier alpha value is -4.44. The molecule has 204 valence electrons. The van der Waals surface area contributed by atoms with Crippen LogP contribution in [0.2, 0.25) is 5.02 Å². The summed E-state index contributed by atoms with van der Waals surface area (Å²) in [5.41, 5.74) is 6.72. The van der Waals surface area contributed by atoms with Crippen molar-refractivity contribution in [2.24, 2.45) is 10.7 Å². The van der Waals surface area contributed by atoms with E-state index in [9.17, 15) is 19.1 Å². The van der Waals surface area contributed by atoms with Crippen LogP contribution in [-0.4, -0.2) is 67.3 Å². The number of phenols is 1. The maximum absolute atomic E-state index is 14.7. The average Bonchev–Trinajstić information content (AvgIpc) is 2.91. The van der Waals surface area contributed by atoms with Gasteiger partial charge in [-0.1, -0.05) is 17.7 Å². The molecule has 4 rings (SSSR count). The molecule has 9 nitrogen and oxygen atoms in total. The third kappa shape index (κ3) is 7.78. The Labute approximate surface area is 231 Å². The zero-order valence-electron chi connectivity index (χ0n) is 21.9. The summed E-state index contributed by atoms with van der Waals surface area (Å²) < 4.78 is 14.7. The number of benzene rings is 2. The van der Waals surface area contributed by atoms with Crippen LogP contribution in [0.5, 0.6) is 5.75 Å². The molecule has 11 heteroatoms. The van der Waals surface area contributed by atoms with Gasteiger partial charge in [0, 0.05) is 63.5 Å². The van der Waals surface area contributed by atoms with Gasteiger partial charge in [-0.15, -0.1) is 0 Å². The van der Waals surface area contributed by atoms with Crippen LogP contribution in [-0.2, 0) is 9.59 Å². The lowest BCUT2D eigenvalue weighted by molar-refractivity contribution is -0.116. The Bertz CT molecular complexity index is 1390. The van der Waals surface area contributed by atoms with Gasteiger partial charge in [-0.05, 0) is 47.5 Å². The van der Waals surface area contributed by atoms with Crippen molar-refractivity contribution < 1.29 is 19.1 Å². The van der Waals surface area contributed by atoms with Crippen LogP contribution in [0.3, 0.4) is 0 Å². The van der Waals surface area contributed by atoms with Gasteiger partial charge in [-0.25, -0.2) is 9.37 Å². The standard InChI is InChI=1S/C26H25ClFN5O2.C2H5NO/c1-31(2)11-12-33(17-34)24-4-3-18(13-23(24)27)21-15-20(28)16-22(26(21)35)19-5-6-30-25(14-19)32-9-7-29-8-10-32;1-2(3)4/h3-7,11-17,35H,8-10H2,1-2H3;1H3,(H2,3,4)/b12-11-;. The maximum atomic E-state index is 14.7. The molecule has 0 bridgehead atoms. The first kappa shape index (κ1) is 29.1. The van der Waals surface area contributed by atoms with Gasteiger partial charge in [0.05, 0.1) is 23.8 Å². The molecule has 0 saturated carbocycles. The number of anilines is 2. The third-order valence-electron chi connectivity index (χ3n) is 5.56. The van der Waals surface area contributed by atoms with Crippen LogP contribution in [0.25, 0.3) is 22.3 Å². The fourth-order valence-electron chi connectivity index (χ4n) is 3.78. The average molecular weight is 553 g/mol. The monoisotopic (exact) mass is 552 g/mol. The molecule has 1 aliphatic heterocycles. The minimum Gasteiger partial charge on any atom is -0.507 e. The summed E-state index contributed by atoms with van der Waals surface area (Å²) >= 11 is 6.48. The first-order valence-corrected chi connectivity index (χ1v) is 12.3. The molecule has 2 amide bonds. The fraction of sp³-hybridized carbons (Fsp3) is 0.214. The molecular weight excluding hydrogens is 523 g/mol. The second-order valence-corrected chi connectivity index (χ2v) is 9.25. The van der Waals surface area contributed by atoms with Gasteiger partial charge in [0.15, 0.2) is 0 Å². The normalized spacial score (nSPS) is 12.6. The number of aromatic nitrogens is 1. The molecule has 0 atom stereocenters. The highest BCUT2D eigenvalue weighted by Gasteiger charge is 2.18. The number of carbonyl (C=O) groups is 2. The zero-order valence-corrected chi connectivity index (χ0v) is 22.6. The summed E-state index contributed by atoms with van der Waals surface area (Å²) in [7, 11) is 3.67. The second kappa shape index (κ2) is 13.4. The SMILES string of the molecule is CC(N)=O.CN(C)/C=C\N(C=O)c1ccc(-c2cc(F)cc(-c3ccnc(N4CC=NCC4)c3)c2O)cc1Cl. The van der Waals surface area contributed by atoms with E-state index in [0.717, 1.165) is 12.4 Å². The van der Waals surface area contributed by atoms with Crippen molar-refractivity contribution in [2.45, 2.75) is 6.92 Å². The highest BCUT2D eigenvalue weighted by molar-refractivity contribution is 6.34. The number of carbonyl (C=O) groups excluding carboxylic acids is 2. The number of nitrogens with zero attached hydrogens (tertiary/aromatic N) is 5. The summed E-state index contributed by atoms with van der Waals surface area (Å²) in [6, 6.07) is 11.0. The zero-order chi connectivity index (χ0) is 28.5. The number of primary amides is 1. The molecule has 2 aromatic carbocycles. The molecule has 1 aromatic heterocycles. The molecule has 3 aromatic rings.